The third-order valence-electron chi connectivity index (χ3n) is 5.25. The molecule has 0 unspecified atom stereocenters. The number of methoxy groups -OCH3 is 2. The third kappa shape index (κ3) is 3.96. The van der Waals surface area contributed by atoms with Gasteiger partial charge in [0.2, 0.25) is 0 Å². The van der Waals surface area contributed by atoms with Gasteiger partial charge in [0.1, 0.15) is 11.9 Å². The van der Waals surface area contributed by atoms with Gasteiger partial charge < -0.3 is 19.5 Å². The predicted molar refractivity (Wildman–Crippen MR) is 107 cm³/mol. The molecule has 2 atom stereocenters. The lowest BCUT2D eigenvalue weighted by molar-refractivity contribution is -0.385. The van der Waals surface area contributed by atoms with E-state index in [0.717, 1.165) is 5.56 Å². The Balaban J connectivity index is 1.74. The lowest BCUT2D eigenvalue weighted by Crippen LogP contribution is -2.26. The van der Waals surface area contributed by atoms with Crippen molar-refractivity contribution in [2.24, 2.45) is 0 Å². The van der Waals surface area contributed by atoms with E-state index < -0.39 is 4.92 Å². The highest BCUT2D eigenvalue weighted by molar-refractivity contribution is 5.97. The lowest BCUT2D eigenvalue weighted by Gasteiger charge is -2.12. The minimum atomic E-state index is -0.472. The number of hydrogen-bond donors (Lipinski definition) is 1. The minimum Gasteiger partial charge on any atom is -0.493 e. The van der Waals surface area contributed by atoms with Crippen LogP contribution in [0.4, 0.5) is 5.69 Å². The molecule has 0 bridgehead atoms. The van der Waals surface area contributed by atoms with Crippen LogP contribution < -0.4 is 19.5 Å². The minimum absolute atomic E-state index is 0.00774. The van der Waals surface area contributed by atoms with Gasteiger partial charge in [-0.2, -0.15) is 0 Å². The van der Waals surface area contributed by atoms with Crippen LogP contribution in [-0.4, -0.2) is 37.7 Å². The molecule has 0 saturated heterocycles. The molecule has 2 aromatic rings. The SMILES string of the molecule is COc1cc(CCNC(=O)c2cccc3c2O[C@H](C)[C@H]3C)c([N+](=O)[O-])cc1OC. The number of ether oxygens (including phenoxy) is 3. The Morgan fingerprint density at radius 1 is 1.21 bits per heavy atom. The molecule has 154 valence electrons. The molecule has 1 heterocycles. The fourth-order valence-corrected chi connectivity index (χ4v) is 3.45. The molecule has 0 aliphatic carbocycles. The van der Waals surface area contributed by atoms with E-state index in [-0.39, 0.29) is 42.3 Å². The maximum atomic E-state index is 12.7. The Bertz CT molecular complexity index is 943. The number of para-hydroxylation sites is 1. The van der Waals surface area contributed by atoms with Crippen molar-refractivity contribution in [2.75, 3.05) is 20.8 Å². The zero-order valence-corrected chi connectivity index (χ0v) is 16.9. The summed E-state index contributed by atoms with van der Waals surface area (Å²) in [6.07, 6.45) is 0.277. The molecule has 0 spiro atoms. The van der Waals surface area contributed by atoms with Gasteiger partial charge in [-0.1, -0.05) is 19.1 Å². The van der Waals surface area contributed by atoms with E-state index in [0.29, 0.717) is 22.6 Å². The van der Waals surface area contributed by atoms with Gasteiger partial charge in [-0.15, -0.1) is 0 Å². The van der Waals surface area contributed by atoms with Gasteiger partial charge in [-0.05, 0) is 25.5 Å². The number of amides is 1. The summed E-state index contributed by atoms with van der Waals surface area (Å²) in [6, 6.07) is 8.42. The van der Waals surface area contributed by atoms with Crippen molar-refractivity contribution < 1.29 is 23.9 Å². The van der Waals surface area contributed by atoms with Gasteiger partial charge in [-0.25, -0.2) is 0 Å². The zero-order chi connectivity index (χ0) is 21.1. The van der Waals surface area contributed by atoms with Crippen LogP contribution in [0.25, 0.3) is 0 Å². The normalized spacial score (nSPS) is 17.2. The first-order valence-electron chi connectivity index (χ1n) is 9.34. The van der Waals surface area contributed by atoms with E-state index >= 15 is 0 Å². The van der Waals surface area contributed by atoms with Crippen LogP contribution in [0.2, 0.25) is 0 Å². The fraction of sp³-hybridized carbons (Fsp3) is 0.381. The van der Waals surface area contributed by atoms with Crippen molar-refractivity contribution in [3.8, 4) is 17.2 Å². The van der Waals surface area contributed by atoms with Crippen molar-refractivity contribution in [3.05, 3.63) is 57.1 Å². The molecule has 29 heavy (non-hydrogen) atoms. The van der Waals surface area contributed by atoms with Crippen molar-refractivity contribution in [2.45, 2.75) is 32.3 Å². The van der Waals surface area contributed by atoms with E-state index in [2.05, 4.69) is 12.2 Å². The van der Waals surface area contributed by atoms with Crippen LogP contribution in [0.15, 0.2) is 30.3 Å². The summed E-state index contributed by atoms with van der Waals surface area (Å²) in [5, 5.41) is 14.2. The number of benzene rings is 2. The van der Waals surface area contributed by atoms with Gasteiger partial charge in [-0.3, -0.25) is 14.9 Å². The topological polar surface area (TPSA) is 99.9 Å². The quantitative estimate of drug-likeness (QED) is 0.564. The standard InChI is InChI=1S/C21H24N2O6/c1-12-13(2)29-20-15(12)6-5-7-16(20)21(24)22-9-8-14-10-18(27-3)19(28-4)11-17(14)23(25)26/h5-7,10-13H,8-9H2,1-4H3,(H,22,24)/t12-,13-/m1/s1. The Kier molecular flexibility index (Phi) is 5.91. The molecular weight excluding hydrogens is 376 g/mol. The van der Waals surface area contributed by atoms with Crippen LogP contribution in [-0.2, 0) is 6.42 Å². The summed E-state index contributed by atoms with van der Waals surface area (Å²) in [6.45, 7) is 4.26. The second-order valence-electron chi connectivity index (χ2n) is 6.93. The van der Waals surface area contributed by atoms with Crippen molar-refractivity contribution in [1.29, 1.82) is 0 Å². The van der Waals surface area contributed by atoms with Crippen molar-refractivity contribution in [1.82, 2.24) is 5.32 Å². The molecule has 0 saturated carbocycles. The predicted octanol–water partition coefficient (Wildman–Crippen LogP) is 3.47. The smallest absolute Gasteiger partial charge is 0.276 e. The molecule has 8 heteroatoms. The van der Waals surface area contributed by atoms with Gasteiger partial charge in [0.15, 0.2) is 11.5 Å². The summed E-state index contributed by atoms with van der Waals surface area (Å²) in [5.41, 5.74) is 1.86. The molecule has 1 amide bonds. The number of carbonyl (C=O) groups is 1. The summed E-state index contributed by atoms with van der Waals surface area (Å²) >= 11 is 0. The van der Waals surface area contributed by atoms with Crippen LogP contribution in [0.1, 0.15) is 41.3 Å². The third-order valence-corrected chi connectivity index (χ3v) is 5.25. The molecule has 1 aliphatic heterocycles. The van der Waals surface area contributed by atoms with Crippen LogP contribution in [0.5, 0.6) is 17.2 Å². The Morgan fingerprint density at radius 3 is 2.55 bits per heavy atom. The summed E-state index contributed by atoms with van der Waals surface area (Å²) in [7, 11) is 2.89. The Hall–Kier alpha value is -3.29. The van der Waals surface area contributed by atoms with E-state index in [1.54, 1.807) is 12.1 Å². The molecule has 3 rings (SSSR count). The fourth-order valence-electron chi connectivity index (χ4n) is 3.45. The Labute approximate surface area is 168 Å². The number of nitrogens with one attached hydrogen (secondary N) is 1. The van der Waals surface area contributed by atoms with E-state index in [1.807, 2.05) is 19.1 Å². The number of nitrogens with zero attached hydrogens (tertiary/aromatic N) is 1. The molecule has 0 radical (unpaired) electrons. The molecule has 1 aliphatic rings. The summed E-state index contributed by atoms with van der Waals surface area (Å²) in [4.78, 5) is 23.6. The molecule has 0 aromatic heterocycles. The van der Waals surface area contributed by atoms with Gasteiger partial charge in [0.25, 0.3) is 11.6 Å². The number of rotatable bonds is 7. The number of nitro groups is 1. The number of hydrogen-bond acceptors (Lipinski definition) is 6. The first-order chi connectivity index (χ1) is 13.9. The number of carbonyl (C=O) groups excluding carboxylic acids is 1. The first kappa shape index (κ1) is 20.4. The van der Waals surface area contributed by atoms with Crippen LogP contribution in [0.3, 0.4) is 0 Å². The molecule has 1 N–H and O–H groups in total. The maximum Gasteiger partial charge on any atom is 0.276 e. The van der Waals surface area contributed by atoms with Gasteiger partial charge in [0, 0.05) is 23.6 Å². The highest BCUT2D eigenvalue weighted by Gasteiger charge is 2.31. The maximum absolute atomic E-state index is 12.7. The highest BCUT2D eigenvalue weighted by atomic mass is 16.6. The largest absolute Gasteiger partial charge is 0.493 e. The van der Waals surface area contributed by atoms with E-state index in [1.165, 1.54) is 20.3 Å². The van der Waals surface area contributed by atoms with Crippen molar-refractivity contribution in [3.63, 3.8) is 0 Å². The van der Waals surface area contributed by atoms with Crippen molar-refractivity contribution >= 4 is 11.6 Å². The Morgan fingerprint density at radius 2 is 1.90 bits per heavy atom. The van der Waals surface area contributed by atoms with Gasteiger partial charge in [0.05, 0.1) is 30.8 Å². The molecule has 8 nitrogen and oxygen atoms in total. The van der Waals surface area contributed by atoms with Crippen LogP contribution in [0, 0.1) is 10.1 Å². The lowest BCUT2D eigenvalue weighted by atomic mass is 9.97. The second-order valence-corrected chi connectivity index (χ2v) is 6.93. The van der Waals surface area contributed by atoms with Gasteiger partial charge >= 0.3 is 0 Å². The molecule has 0 fully saturated rings. The summed E-state index contributed by atoms with van der Waals surface area (Å²) in [5.74, 6) is 1.24. The summed E-state index contributed by atoms with van der Waals surface area (Å²) < 4.78 is 16.2. The number of nitro benzene ring substituents is 1. The number of fused-ring (bicyclic) bond motifs is 1. The first-order valence-corrected chi connectivity index (χ1v) is 9.34. The van der Waals surface area contributed by atoms with E-state index in [9.17, 15) is 14.9 Å². The van der Waals surface area contributed by atoms with E-state index in [4.69, 9.17) is 14.2 Å². The molecular formula is C21H24N2O6. The average molecular weight is 400 g/mol. The monoisotopic (exact) mass is 400 g/mol. The second kappa shape index (κ2) is 8.38. The highest BCUT2D eigenvalue weighted by Crippen LogP contribution is 2.40. The zero-order valence-electron chi connectivity index (χ0n) is 16.9. The molecule has 2 aromatic carbocycles. The van der Waals surface area contributed by atoms with Crippen LogP contribution >= 0.6 is 0 Å². The average Bonchev–Trinajstić information content (AvgIpc) is 3.01.